The van der Waals surface area contributed by atoms with E-state index in [0.717, 1.165) is 11.1 Å². The van der Waals surface area contributed by atoms with Crippen LogP contribution < -0.4 is 15.2 Å². The predicted molar refractivity (Wildman–Crippen MR) is 90.9 cm³/mol. The molecule has 0 aliphatic rings. The van der Waals surface area contributed by atoms with E-state index in [1.54, 1.807) is 19.1 Å². The molecular formula is C17H20N2O4S. The molecule has 0 aliphatic heterocycles. The largest absolute Gasteiger partial charge is 0.481 e. The molecule has 2 aromatic rings. The Bertz CT molecular complexity index is 817. The highest BCUT2D eigenvalue weighted by Gasteiger charge is 2.15. The van der Waals surface area contributed by atoms with E-state index in [1.807, 2.05) is 31.2 Å². The van der Waals surface area contributed by atoms with E-state index in [9.17, 15) is 13.2 Å². The first kappa shape index (κ1) is 18.0. The fourth-order valence-corrected chi connectivity index (χ4v) is 2.58. The number of rotatable bonds is 6. The van der Waals surface area contributed by atoms with E-state index in [-0.39, 0.29) is 17.3 Å². The molecule has 1 unspecified atom stereocenters. The molecular weight excluding hydrogens is 328 g/mol. The predicted octanol–water partition coefficient (Wildman–Crippen LogP) is 1.73. The zero-order chi connectivity index (χ0) is 17.7. The standard InChI is InChI=1S/C17H20N2O4S/c1-12-5-3-4-6-16(12)23-13(2)17(20)19-11-14-7-9-15(10-8-14)24(18,21)22/h3-10,13H,11H2,1-2H3,(H,19,20)(H2,18,21,22). The number of benzene rings is 2. The molecule has 1 amide bonds. The van der Waals surface area contributed by atoms with Crippen molar-refractivity contribution in [1.29, 1.82) is 0 Å². The van der Waals surface area contributed by atoms with Crippen molar-refractivity contribution in [2.45, 2.75) is 31.4 Å². The molecule has 7 heteroatoms. The number of nitrogens with one attached hydrogen (secondary N) is 1. The smallest absolute Gasteiger partial charge is 0.261 e. The van der Waals surface area contributed by atoms with E-state index in [1.165, 1.54) is 12.1 Å². The van der Waals surface area contributed by atoms with Crippen LogP contribution in [0, 0.1) is 6.92 Å². The summed E-state index contributed by atoms with van der Waals surface area (Å²) < 4.78 is 28.0. The van der Waals surface area contributed by atoms with Crippen LogP contribution in [0.2, 0.25) is 0 Å². The summed E-state index contributed by atoms with van der Waals surface area (Å²) in [6.45, 7) is 3.85. The van der Waals surface area contributed by atoms with Gasteiger partial charge in [-0.05, 0) is 43.2 Å². The van der Waals surface area contributed by atoms with Crippen LogP contribution in [0.4, 0.5) is 0 Å². The minimum Gasteiger partial charge on any atom is -0.481 e. The van der Waals surface area contributed by atoms with Crippen LogP contribution in [0.3, 0.4) is 0 Å². The van der Waals surface area contributed by atoms with Gasteiger partial charge >= 0.3 is 0 Å². The maximum absolute atomic E-state index is 12.1. The third-order valence-electron chi connectivity index (χ3n) is 3.49. The Morgan fingerprint density at radius 3 is 2.38 bits per heavy atom. The molecule has 0 bridgehead atoms. The summed E-state index contributed by atoms with van der Waals surface area (Å²) in [5.41, 5.74) is 1.72. The Balaban J connectivity index is 1.92. The van der Waals surface area contributed by atoms with Gasteiger partial charge in [0, 0.05) is 6.54 Å². The lowest BCUT2D eigenvalue weighted by molar-refractivity contribution is -0.127. The Labute approximate surface area is 141 Å². The number of nitrogens with two attached hydrogens (primary N) is 1. The highest BCUT2D eigenvalue weighted by atomic mass is 32.2. The van der Waals surface area contributed by atoms with Crippen LogP contribution in [0.1, 0.15) is 18.1 Å². The van der Waals surface area contributed by atoms with Crippen LogP contribution in [0.5, 0.6) is 5.75 Å². The maximum atomic E-state index is 12.1. The second-order valence-corrected chi connectivity index (χ2v) is 6.99. The summed E-state index contributed by atoms with van der Waals surface area (Å²) in [6, 6.07) is 13.5. The number of carbonyl (C=O) groups is 1. The Hall–Kier alpha value is -2.38. The molecule has 0 saturated heterocycles. The molecule has 0 aromatic heterocycles. The Morgan fingerprint density at radius 1 is 1.17 bits per heavy atom. The summed E-state index contributed by atoms with van der Waals surface area (Å²) in [5, 5.41) is 7.79. The number of primary sulfonamides is 1. The van der Waals surface area contributed by atoms with Gasteiger partial charge in [-0.25, -0.2) is 13.6 Å². The van der Waals surface area contributed by atoms with Gasteiger partial charge in [-0.2, -0.15) is 0 Å². The number of aryl methyl sites for hydroxylation is 1. The molecule has 6 nitrogen and oxygen atoms in total. The van der Waals surface area contributed by atoms with Gasteiger partial charge in [-0.15, -0.1) is 0 Å². The van der Waals surface area contributed by atoms with Crippen molar-refractivity contribution >= 4 is 15.9 Å². The minimum atomic E-state index is -3.71. The van der Waals surface area contributed by atoms with Crippen molar-refractivity contribution in [3.63, 3.8) is 0 Å². The number of para-hydroxylation sites is 1. The van der Waals surface area contributed by atoms with Gasteiger partial charge in [0.25, 0.3) is 5.91 Å². The molecule has 128 valence electrons. The monoisotopic (exact) mass is 348 g/mol. The molecule has 2 rings (SSSR count). The van der Waals surface area contributed by atoms with Gasteiger partial charge in [0.15, 0.2) is 6.10 Å². The second-order valence-electron chi connectivity index (χ2n) is 5.43. The molecule has 0 heterocycles. The number of sulfonamides is 1. The zero-order valence-corrected chi connectivity index (χ0v) is 14.3. The fourth-order valence-electron chi connectivity index (χ4n) is 2.06. The number of hydrogen-bond donors (Lipinski definition) is 2. The quantitative estimate of drug-likeness (QED) is 0.830. The number of carbonyl (C=O) groups excluding carboxylic acids is 1. The maximum Gasteiger partial charge on any atom is 0.261 e. The van der Waals surface area contributed by atoms with Crippen LogP contribution >= 0.6 is 0 Å². The van der Waals surface area contributed by atoms with E-state index < -0.39 is 16.1 Å². The van der Waals surface area contributed by atoms with Crippen molar-refractivity contribution < 1.29 is 17.9 Å². The molecule has 1 atom stereocenters. The second kappa shape index (κ2) is 7.46. The molecule has 0 spiro atoms. The van der Waals surface area contributed by atoms with Gasteiger partial charge in [0.1, 0.15) is 5.75 Å². The third-order valence-corrected chi connectivity index (χ3v) is 4.41. The molecule has 0 fully saturated rings. The van der Waals surface area contributed by atoms with Crippen molar-refractivity contribution in [2.24, 2.45) is 5.14 Å². The third kappa shape index (κ3) is 4.81. The topological polar surface area (TPSA) is 98.5 Å². The average molecular weight is 348 g/mol. The molecule has 0 radical (unpaired) electrons. The fraction of sp³-hybridized carbons (Fsp3) is 0.235. The molecule has 0 saturated carbocycles. The first-order chi connectivity index (χ1) is 11.3. The van der Waals surface area contributed by atoms with Gasteiger partial charge in [0.2, 0.25) is 10.0 Å². The average Bonchev–Trinajstić information content (AvgIpc) is 2.54. The van der Waals surface area contributed by atoms with Crippen LogP contribution in [0.25, 0.3) is 0 Å². The Kier molecular flexibility index (Phi) is 5.58. The normalized spacial score (nSPS) is 12.5. The lowest BCUT2D eigenvalue weighted by atomic mass is 10.2. The highest BCUT2D eigenvalue weighted by Crippen LogP contribution is 2.17. The molecule has 3 N–H and O–H groups in total. The van der Waals surface area contributed by atoms with Crippen molar-refractivity contribution in [3.8, 4) is 5.75 Å². The van der Waals surface area contributed by atoms with E-state index in [0.29, 0.717) is 5.75 Å². The van der Waals surface area contributed by atoms with Crippen molar-refractivity contribution in [1.82, 2.24) is 5.32 Å². The summed E-state index contributed by atoms with van der Waals surface area (Å²) in [7, 11) is -3.71. The molecule has 2 aromatic carbocycles. The van der Waals surface area contributed by atoms with E-state index >= 15 is 0 Å². The number of ether oxygens (including phenoxy) is 1. The van der Waals surface area contributed by atoms with Crippen molar-refractivity contribution in [2.75, 3.05) is 0 Å². The van der Waals surface area contributed by atoms with Crippen LogP contribution in [0.15, 0.2) is 53.4 Å². The summed E-state index contributed by atoms with van der Waals surface area (Å²) in [6.07, 6.45) is -0.644. The molecule has 24 heavy (non-hydrogen) atoms. The Morgan fingerprint density at radius 2 is 1.79 bits per heavy atom. The van der Waals surface area contributed by atoms with Crippen LogP contribution in [-0.2, 0) is 21.4 Å². The lowest BCUT2D eigenvalue weighted by Gasteiger charge is -2.16. The zero-order valence-electron chi connectivity index (χ0n) is 13.5. The summed E-state index contributed by atoms with van der Waals surface area (Å²) >= 11 is 0. The van der Waals surface area contributed by atoms with Gasteiger partial charge in [0.05, 0.1) is 4.90 Å². The first-order valence-electron chi connectivity index (χ1n) is 7.39. The summed E-state index contributed by atoms with van der Waals surface area (Å²) in [4.78, 5) is 12.1. The minimum absolute atomic E-state index is 0.0360. The first-order valence-corrected chi connectivity index (χ1v) is 8.94. The SMILES string of the molecule is Cc1ccccc1OC(C)C(=O)NCc1ccc(S(N)(=O)=O)cc1. The van der Waals surface area contributed by atoms with E-state index in [2.05, 4.69) is 5.32 Å². The number of hydrogen-bond acceptors (Lipinski definition) is 4. The van der Waals surface area contributed by atoms with Crippen LogP contribution in [-0.4, -0.2) is 20.4 Å². The van der Waals surface area contributed by atoms with Gasteiger partial charge < -0.3 is 10.1 Å². The molecule has 0 aliphatic carbocycles. The number of amides is 1. The highest BCUT2D eigenvalue weighted by molar-refractivity contribution is 7.89. The summed E-state index contributed by atoms with van der Waals surface area (Å²) in [5.74, 6) is 0.409. The van der Waals surface area contributed by atoms with E-state index in [4.69, 9.17) is 9.88 Å². The lowest BCUT2D eigenvalue weighted by Crippen LogP contribution is -2.36. The van der Waals surface area contributed by atoms with Crippen molar-refractivity contribution in [3.05, 3.63) is 59.7 Å². The van der Waals surface area contributed by atoms with Gasteiger partial charge in [-0.1, -0.05) is 30.3 Å². The van der Waals surface area contributed by atoms with Gasteiger partial charge in [-0.3, -0.25) is 4.79 Å².